The number of benzene rings is 1. The third kappa shape index (κ3) is 1.37. The van der Waals surface area contributed by atoms with Gasteiger partial charge in [0, 0.05) is 11.5 Å². The molecule has 3 nitrogen and oxygen atoms in total. The van der Waals surface area contributed by atoms with E-state index in [0.717, 1.165) is 0 Å². The summed E-state index contributed by atoms with van der Waals surface area (Å²) < 4.78 is 18.9. The zero-order valence-electron chi connectivity index (χ0n) is 7.38. The van der Waals surface area contributed by atoms with Gasteiger partial charge in [-0.15, -0.1) is 0 Å². The van der Waals surface area contributed by atoms with E-state index in [9.17, 15) is 9.18 Å². The van der Waals surface area contributed by atoms with Crippen molar-refractivity contribution in [3.8, 4) is 5.75 Å². The molecule has 0 bridgehead atoms. The van der Waals surface area contributed by atoms with Gasteiger partial charge in [-0.1, -0.05) is 15.9 Å². The lowest BCUT2D eigenvalue weighted by Crippen LogP contribution is -2.35. The van der Waals surface area contributed by atoms with Crippen LogP contribution in [0.4, 0.5) is 10.1 Å². The van der Waals surface area contributed by atoms with Crippen LogP contribution in [0.3, 0.4) is 0 Å². The Morgan fingerprint density at radius 3 is 3.00 bits per heavy atom. The largest absolute Gasteiger partial charge is 0.478 e. The van der Waals surface area contributed by atoms with Crippen LogP contribution in [0.2, 0.25) is 0 Å². The van der Waals surface area contributed by atoms with Gasteiger partial charge in [0.05, 0.1) is 5.69 Å². The topological polar surface area (TPSA) is 29.5 Å². The Kier molecular flexibility index (Phi) is 2.19. The van der Waals surface area contributed by atoms with E-state index in [0.29, 0.717) is 10.2 Å². The van der Waals surface area contributed by atoms with Crippen LogP contribution < -0.4 is 9.64 Å². The summed E-state index contributed by atoms with van der Waals surface area (Å²) in [5, 5.41) is 0. The second-order valence-corrected chi connectivity index (χ2v) is 3.89. The number of amides is 1. The van der Waals surface area contributed by atoms with Gasteiger partial charge in [0.2, 0.25) is 0 Å². The molecular formula is C9H7BrFNO2. The zero-order valence-corrected chi connectivity index (χ0v) is 8.97. The minimum atomic E-state index is -0.464. The van der Waals surface area contributed by atoms with Crippen molar-refractivity contribution in [3.05, 3.63) is 22.4 Å². The zero-order chi connectivity index (χ0) is 10.3. The van der Waals surface area contributed by atoms with E-state index in [1.54, 1.807) is 13.1 Å². The van der Waals surface area contributed by atoms with Gasteiger partial charge in [-0.05, 0) is 12.1 Å². The lowest BCUT2D eigenvalue weighted by Gasteiger charge is -2.26. The van der Waals surface area contributed by atoms with Gasteiger partial charge in [0.1, 0.15) is 0 Å². The fraction of sp³-hybridized carbons (Fsp3) is 0.222. The summed E-state index contributed by atoms with van der Waals surface area (Å²) in [6.45, 7) is -0.109. The average Bonchev–Trinajstić information content (AvgIpc) is 2.12. The van der Waals surface area contributed by atoms with Gasteiger partial charge in [-0.3, -0.25) is 4.79 Å². The number of halogens is 2. The van der Waals surface area contributed by atoms with Crippen LogP contribution in [0.25, 0.3) is 0 Å². The molecular weight excluding hydrogens is 253 g/mol. The Hall–Kier alpha value is -1.10. The Morgan fingerprint density at radius 1 is 1.57 bits per heavy atom. The molecule has 0 fully saturated rings. The predicted molar refractivity (Wildman–Crippen MR) is 53.0 cm³/mol. The van der Waals surface area contributed by atoms with Crippen LogP contribution in [0.1, 0.15) is 0 Å². The van der Waals surface area contributed by atoms with E-state index in [1.165, 1.54) is 11.0 Å². The highest BCUT2D eigenvalue weighted by atomic mass is 79.9. The third-order valence-corrected chi connectivity index (χ3v) is 2.52. The number of carbonyl (C=O) groups is 1. The van der Waals surface area contributed by atoms with Crippen molar-refractivity contribution < 1.29 is 13.9 Å². The number of anilines is 1. The molecule has 0 saturated carbocycles. The summed E-state index contributed by atoms with van der Waals surface area (Å²) in [4.78, 5) is 12.6. The molecule has 5 heteroatoms. The first kappa shape index (κ1) is 9.45. The first-order chi connectivity index (χ1) is 6.59. The van der Waals surface area contributed by atoms with E-state index in [-0.39, 0.29) is 18.3 Å². The van der Waals surface area contributed by atoms with Crippen molar-refractivity contribution in [1.29, 1.82) is 0 Å². The van der Waals surface area contributed by atoms with Crippen molar-refractivity contribution in [2.45, 2.75) is 0 Å². The van der Waals surface area contributed by atoms with Gasteiger partial charge in [0.15, 0.2) is 18.2 Å². The number of fused-ring (bicyclic) bond motifs is 1. The quantitative estimate of drug-likeness (QED) is 0.713. The summed E-state index contributed by atoms with van der Waals surface area (Å²) in [5.74, 6) is -0.515. The molecule has 0 unspecified atom stereocenters. The van der Waals surface area contributed by atoms with E-state index >= 15 is 0 Å². The highest BCUT2D eigenvalue weighted by Crippen LogP contribution is 2.36. The number of ether oxygens (including phenoxy) is 1. The first-order valence-corrected chi connectivity index (χ1v) is 4.77. The fourth-order valence-corrected chi connectivity index (χ4v) is 1.72. The highest BCUT2D eigenvalue weighted by Gasteiger charge is 2.25. The smallest absolute Gasteiger partial charge is 0.264 e. The van der Waals surface area contributed by atoms with Crippen LogP contribution in [0, 0.1) is 5.82 Å². The molecule has 14 heavy (non-hydrogen) atoms. The number of hydrogen-bond acceptors (Lipinski definition) is 2. The van der Waals surface area contributed by atoms with Crippen LogP contribution >= 0.6 is 15.9 Å². The summed E-state index contributed by atoms with van der Waals surface area (Å²) in [7, 11) is 1.59. The van der Waals surface area contributed by atoms with Gasteiger partial charge in [-0.2, -0.15) is 0 Å². The number of hydrogen-bond donors (Lipinski definition) is 0. The van der Waals surface area contributed by atoms with Crippen molar-refractivity contribution in [2.24, 2.45) is 0 Å². The summed E-state index contributed by atoms with van der Waals surface area (Å²) >= 11 is 3.16. The number of nitrogens with zero attached hydrogens (tertiary/aromatic N) is 1. The standard InChI is InChI=1S/C9H7BrFNO2/c1-12-7-3-5(10)2-6(11)9(7)14-4-8(12)13/h2-3H,4H2,1H3. The molecule has 1 aliphatic heterocycles. The average molecular weight is 260 g/mol. The van der Waals surface area contributed by atoms with Crippen molar-refractivity contribution in [1.82, 2.24) is 0 Å². The maximum absolute atomic E-state index is 13.3. The lowest BCUT2D eigenvalue weighted by molar-refractivity contribution is -0.121. The highest BCUT2D eigenvalue weighted by molar-refractivity contribution is 9.10. The molecule has 0 aliphatic carbocycles. The van der Waals surface area contributed by atoms with E-state index in [1.807, 2.05) is 0 Å². The normalized spacial score (nSPS) is 15.1. The van der Waals surface area contributed by atoms with Crippen molar-refractivity contribution in [3.63, 3.8) is 0 Å². The minimum absolute atomic E-state index is 0.109. The van der Waals surface area contributed by atoms with Gasteiger partial charge in [0.25, 0.3) is 5.91 Å². The predicted octanol–water partition coefficient (Wildman–Crippen LogP) is 1.94. The van der Waals surface area contributed by atoms with Crippen LogP contribution in [-0.4, -0.2) is 19.6 Å². The SMILES string of the molecule is CN1C(=O)COc2c(F)cc(Br)cc21. The van der Waals surface area contributed by atoms with Crippen LogP contribution in [-0.2, 0) is 4.79 Å². The Balaban J connectivity index is 2.59. The lowest BCUT2D eigenvalue weighted by atomic mass is 10.2. The Bertz CT molecular complexity index is 408. The molecule has 1 aromatic carbocycles. The molecule has 0 spiro atoms. The van der Waals surface area contributed by atoms with Gasteiger partial charge < -0.3 is 9.64 Å². The second kappa shape index (κ2) is 3.24. The summed E-state index contributed by atoms with van der Waals surface area (Å²) in [6.07, 6.45) is 0. The van der Waals surface area contributed by atoms with Gasteiger partial charge in [-0.25, -0.2) is 4.39 Å². The molecule has 0 radical (unpaired) electrons. The molecule has 74 valence electrons. The van der Waals surface area contributed by atoms with Crippen LogP contribution in [0.5, 0.6) is 5.75 Å². The molecule has 0 N–H and O–H groups in total. The van der Waals surface area contributed by atoms with Crippen molar-refractivity contribution in [2.75, 3.05) is 18.6 Å². The molecule has 0 saturated heterocycles. The summed E-state index contributed by atoms with van der Waals surface area (Å²) in [5.41, 5.74) is 0.452. The maximum atomic E-state index is 13.3. The Morgan fingerprint density at radius 2 is 2.29 bits per heavy atom. The minimum Gasteiger partial charge on any atom is -0.478 e. The van der Waals surface area contributed by atoms with Crippen LogP contribution in [0.15, 0.2) is 16.6 Å². The second-order valence-electron chi connectivity index (χ2n) is 2.98. The molecule has 0 aromatic heterocycles. The molecule has 1 heterocycles. The monoisotopic (exact) mass is 259 g/mol. The van der Waals surface area contributed by atoms with E-state index in [2.05, 4.69) is 15.9 Å². The third-order valence-electron chi connectivity index (χ3n) is 2.06. The van der Waals surface area contributed by atoms with Crippen molar-refractivity contribution >= 4 is 27.5 Å². The molecule has 1 aromatic rings. The summed E-state index contributed by atoms with van der Waals surface area (Å²) in [6, 6.07) is 2.96. The number of carbonyl (C=O) groups excluding carboxylic acids is 1. The number of likely N-dealkylation sites (N-methyl/N-ethyl adjacent to an activating group) is 1. The molecule has 0 atom stereocenters. The fourth-order valence-electron chi connectivity index (χ4n) is 1.30. The van der Waals surface area contributed by atoms with E-state index in [4.69, 9.17) is 4.74 Å². The van der Waals surface area contributed by atoms with E-state index < -0.39 is 5.82 Å². The molecule has 1 amide bonds. The number of rotatable bonds is 0. The van der Waals surface area contributed by atoms with Gasteiger partial charge >= 0.3 is 0 Å². The Labute approximate surface area is 88.6 Å². The molecule has 2 rings (SSSR count). The first-order valence-electron chi connectivity index (χ1n) is 3.98. The molecule has 1 aliphatic rings. The maximum Gasteiger partial charge on any atom is 0.264 e.